The van der Waals surface area contributed by atoms with Crippen molar-refractivity contribution in [1.29, 1.82) is 0 Å². The maximum Gasteiger partial charge on any atom is -0.0385 e. The topological polar surface area (TPSA) is 189 Å². The number of hydrogen-bond acceptors (Lipinski definition) is 0. The first kappa shape index (κ1) is 60.1. The molecule has 0 unspecified atom stereocenters. The van der Waals surface area contributed by atoms with E-state index in [-0.39, 0.29) is 32.9 Å². The van der Waals surface area contributed by atoms with Gasteiger partial charge in [0, 0.05) is 0 Å². The standard InChI is InChI=1S/C6H14.6H2O/c1-5-6(2,3)4;;;;;;/h5H2,1-4H3;6*1H2. The summed E-state index contributed by atoms with van der Waals surface area (Å²) < 4.78 is 0. The summed E-state index contributed by atoms with van der Waals surface area (Å²) in [5.74, 6) is 0. The van der Waals surface area contributed by atoms with Crippen molar-refractivity contribution in [3.05, 3.63) is 0 Å². The van der Waals surface area contributed by atoms with Crippen LogP contribution in [0.4, 0.5) is 0 Å². The number of hydrogen-bond donors (Lipinski definition) is 0. The van der Waals surface area contributed by atoms with Gasteiger partial charge >= 0.3 is 0 Å². The van der Waals surface area contributed by atoms with Gasteiger partial charge in [-0.3, -0.25) is 0 Å². The third-order valence-electron chi connectivity index (χ3n) is 1.06. The van der Waals surface area contributed by atoms with Gasteiger partial charge in [-0.25, -0.2) is 0 Å². The Balaban J connectivity index is -0.00000000833. The first-order valence-corrected chi connectivity index (χ1v) is 2.56. The Morgan fingerprint density at radius 2 is 0.750 bits per heavy atom. The van der Waals surface area contributed by atoms with Crippen LogP contribution < -0.4 is 0 Å². The highest BCUT2D eigenvalue weighted by Crippen LogP contribution is 2.16. The highest BCUT2D eigenvalue weighted by molar-refractivity contribution is 4.55. The van der Waals surface area contributed by atoms with Crippen LogP contribution in [0.25, 0.3) is 0 Å². The van der Waals surface area contributed by atoms with Crippen molar-refractivity contribution in [1.82, 2.24) is 0 Å². The van der Waals surface area contributed by atoms with Gasteiger partial charge in [-0.05, 0) is 5.41 Å². The zero-order valence-corrected chi connectivity index (χ0v) is 8.21. The van der Waals surface area contributed by atoms with Crippen molar-refractivity contribution < 1.29 is 32.9 Å². The van der Waals surface area contributed by atoms with Gasteiger partial charge in [-0.2, -0.15) is 0 Å². The molecule has 0 aliphatic rings. The lowest BCUT2D eigenvalue weighted by Crippen LogP contribution is -2.00. The highest BCUT2D eigenvalue weighted by atomic mass is 16.0. The SMILES string of the molecule is CCC(C)(C)C.O.O.O.O.O.O. The minimum absolute atomic E-state index is 0. The van der Waals surface area contributed by atoms with Crippen molar-refractivity contribution >= 4 is 0 Å². The van der Waals surface area contributed by atoms with Crippen LogP contribution in [0, 0.1) is 5.41 Å². The van der Waals surface area contributed by atoms with Crippen molar-refractivity contribution in [3.63, 3.8) is 0 Å². The lowest BCUT2D eigenvalue weighted by atomic mass is 9.94. The molecule has 0 rings (SSSR count). The predicted octanol–water partition coefficient (Wildman–Crippen LogP) is -2.51. The van der Waals surface area contributed by atoms with E-state index in [4.69, 9.17) is 0 Å². The molecule has 12 heavy (non-hydrogen) atoms. The quantitative estimate of drug-likeness (QED) is 0.394. The maximum atomic E-state index is 2.24. The molecule has 0 amide bonds. The molecule has 86 valence electrons. The zero-order valence-electron chi connectivity index (χ0n) is 8.21. The second-order valence-corrected chi connectivity index (χ2v) is 2.91. The lowest BCUT2D eigenvalue weighted by Gasteiger charge is -2.12. The second kappa shape index (κ2) is 22.4. The molecular weight excluding hydrogens is 168 g/mol. The van der Waals surface area contributed by atoms with Crippen LogP contribution in [-0.4, -0.2) is 32.9 Å². The van der Waals surface area contributed by atoms with Crippen LogP contribution in [0.5, 0.6) is 0 Å². The maximum absolute atomic E-state index is 2.24. The first-order valence-electron chi connectivity index (χ1n) is 2.56. The van der Waals surface area contributed by atoms with E-state index < -0.39 is 0 Å². The summed E-state index contributed by atoms with van der Waals surface area (Å²) in [6, 6.07) is 0. The third kappa shape index (κ3) is 98.3. The Hall–Kier alpha value is -0.240. The molecule has 0 atom stereocenters. The van der Waals surface area contributed by atoms with E-state index >= 15 is 0 Å². The van der Waals surface area contributed by atoms with Crippen molar-refractivity contribution in [3.8, 4) is 0 Å². The molecule has 0 bridgehead atoms. The van der Waals surface area contributed by atoms with Crippen LogP contribution in [0.15, 0.2) is 0 Å². The normalized spacial score (nSPS) is 6.00. The molecule has 0 aromatic rings. The van der Waals surface area contributed by atoms with Crippen molar-refractivity contribution in [2.24, 2.45) is 5.41 Å². The van der Waals surface area contributed by atoms with Crippen LogP contribution in [0.3, 0.4) is 0 Å². The summed E-state index contributed by atoms with van der Waals surface area (Å²) in [6.45, 7) is 8.94. The lowest BCUT2D eigenvalue weighted by molar-refractivity contribution is 0.398. The van der Waals surface area contributed by atoms with Gasteiger partial charge in [0.25, 0.3) is 0 Å². The van der Waals surface area contributed by atoms with Gasteiger partial charge in [0.2, 0.25) is 0 Å². The fourth-order valence-electron chi connectivity index (χ4n) is 0. The molecule has 6 nitrogen and oxygen atoms in total. The molecule has 0 saturated carbocycles. The Bertz CT molecular complexity index is 41.8. The Morgan fingerprint density at radius 3 is 0.750 bits per heavy atom. The van der Waals surface area contributed by atoms with E-state index in [2.05, 4.69) is 27.7 Å². The van der Waals surface area contributed by atoms with Crippen LogP contribution in [0.2, 0.25) is 0 Å². The van der Waals surface area contributed by atoms with Gasteiger partial charge in [0.15, 0.2) is 0 Å². The zero-order chi connectivity index (χ0) is 5.21. The Kier molecular flexibility index (Phi) is 112. The average molecular weight is 194 g/mol. The molecule has 6 heteroatoms. The van der Waals surface area contributed by atoms with Crippen molar-refractivity contribution in [2.45, 2.75) is 34.1 Å². The molecule has 0 fully saturated rings. The van der Waals surface area contributed by atoms with E-state index in [1.165, 1.54) is 6.42 Å². The summed E-state index contributed by atoms with van der Waals surface area (Å²) in [5.41, 5.74) is 0.542. The molecule has 0 heterocycles. The molecule has 0 spiro atoms. The minimum atomic E-state index is 0. The predicted molar refractivity (Wildman–Crippen MR) is 51.4 cm³/mol. The molecule has 0 aliphatic heterocycles. The van der Waals surface area contributed by atoms with E-state index in [1.54, 1.807) is 0 Å². The summed E-state index contributed by atoms with van der Waals surface area (Å²) >= 11 is 0. The highest BCUT2D eigenvalue weighted by Gasteiger charge is 2.03. The summed E-state index contributed by atoms with van der Waals surface area (Å²) in [6.07, 6.45) is 1.27. The van der Waals surface area contributed by atoms with Crippen LogP contribution in [-0.2, 0) is 0 Å². The number of rotatable bonds is 0. The molecular formula is C6H26O6. The van der Waals surface area contributed by atoms with Gasteiger partial charge in [0.1, 0.15) is 0 Å². The second-order valence-electron chi connectivity index (χ2n) is 2.91. The molecule has 0 aliphatic carbocycles. The van der Waals surface area contributed by atoms with Gasteiger partial charge < -0.3 is 32.9 Å². The molecule has 0 saturated heterocycles. The van der Waals surface area contributed by atoms with Crippen LogP contribution in [0.1, 0.15) is 34.1 Å². The Morgan fingerprint density at radius 1 is 0.667 bits per heavy atom. The smallest absolute Gasteiger partial charge is 0.0385 e. The average Bonchev–Trinajstić information content (AvgIpc) is 1.35. The molecule has 0 radical (unpaired) electrons. The van der Waals surface area contributed by atoms with Crippen LogP contribution >= 0.6 is 0 Å². The fraction of sp³-hybridized carbons (Fsp3) is 1.00. The molecule has 12 N–H and O–H groups in total. The van der Waals surface area contributed by atoms with E-state index in [0.717, 1.165) is 0 Å². The summed E-state index contributed by atoms with van der Waals surface area (Å²) in [4.78, 5) is 0. The monoisotopic (exact) mass is 194 g/mol. The van der Waals surface area contributed by atoms with E-state index in [0.29, 0.717) is 5.41 Å². The van der Waals surface area contributed by atoms with E-state index in [9.17, 15) is 0 Å². The minimum Gasteiger partial charge on any atom is -0.412 e. The van der Waals surface area contributed by atoms with Gasteiger partial charge in [-0.15, -0.1) is 0 Å². The molecule has 0 aromatic heterocycles. The van der Waals surface area contributed by atoms with E-state index in [1.807, 2.05) is 0 Å². The largest absolute Gasteiger partial charge is 0.412 e. The third-order valence-corrected chi connectivity index (χ3v) is 1.06. The van der Waals surface area contributed by atoms with Gasteiger partial charge in [0.05, 0.1) is 0 Å². The molecule has 0 aromatic carbocycles. The summed E-state index contributed by atoms with van der Waals surface area (Å²) in [7, 11) is 0. The fourth-order valence-corrected chi connectivity index (χ4v) is 0. The van der Waals surface area contributed by atoms with Crippen molar-refractivity contribution in [2.75, 3.05) is 0 Å². The first-order chi connectivity index (χ1) is 2.56. The summed E-state index contributed by atoms with van der Waals surface area (Å²) in [5, 5.41) is 0. The van der Waals surface area contributed by atoms with Gasteiger partial charge in [-0.1, -0.05) is 34.1 Å². The Labute approximate surface area is 73.4 Å².